The van der Waals surface area contributed by atoms with Crippen LogP contribution in [0.15, 0.2) is 53.9 Å². The number of carbonyl (C=O) groups is 1. The number of aryl methyl sites for hydroxylation is 1. The highest BCUT2D eigenvalue weighted by molar-refractivity contribution is 7.09. The van der Waals surface area contributed by atoms with Crippen molar-refractivity contribution in [2.75, 3.05) is 25.5 Å². The minimum absolute atomic E-state index is 0.00593. The van der Waals surface area contributed by atoms with Crippen molar-refractivity contribution in [3.63, 3.8) is 0 Å². The van der Waals surface area contributed by atoms with E-state index in [1.165, 1.54) is 5.56 Å². The number of nitrogens with zero attached hydrogens (tertiary/aromatic N) is 2. The molecule has 3 aromatic rings. The Hall–Kier alpha value is -2.70. The lowest BCUT2D eigenvalue weighted by Crippen LogP contribution is -2.32. The van der Waals surface area contributed by atoms with E-state index in [4.69, 9.17) is 4.74 Å². The van der Waals surface area contributed by atoms with Crippen LogP contribution in [0.25, 0.3) is 11.3 Å². The third kappa shape index (κ3) is 4.66. The smallest absolute Gasteiger partial charge is 0.238 e. The van der Waals surface area contributed by atoms with Crippen molar-refractivity contribution in [3.8, 4) is 17.0 Å². The van der Waals surface area contributed by atoms with Crippen LogP contribution in [0, 0.1) is 6.92 Å². The van der Waals surface area contributed by atoms with Gasteiger partial charge in [0, 0.05) is 22.7 Å². The third-order valence-electron chi connectivity index (χ3n) is 5.25. The van der Waals surface area contributed by atoms with Crippen LogP contribution >= 0.6 is 11.3 Å². The number of hydrogen-bond acceptors (Lipinski definition) is 5. The van der Waals surface area contributed by atoms with Gasteiger partial charge in [-0.1, -0.05) is 24.3 Å². The molecule has 1 aliphatic heterocycles. The topological polar surface area (TPSA) is 54.5 Å². The number of carbonyl (C=O) groups excluding carboxylic acids is 1. The Bertz CT molecular complexity index is 1000. The highest BCUT2D eigenvalue weighted by atomic mass is 32.1. The van der Waals surface area contributed by atoms with Gasteiger partial charge in [-0.2, -0.15) is 0 Å². The van der Waals surface area contributed by atoms with Crippen LogP contribution in [0.3, 0.4) is 0 Å². The minimum Gasteiger partial charge on any atom is -0.497 e. The average molecular weight is 408 g/mol. The fourth-order valence-electron chi connectivity index (χ4n) is 3.88. The summed E-state index contributed by atoms with van der Waals surface area (Å²) in [5.74, 6) is 0.860. The zero-order valence-corrected chi connectivity index (χ0v) is 17.5. The van der Waals surface area contributed by atoms with E-state index in [1.54, 1.807) is 18.4 Å². The number of ether oxygens (including phenoxy) is 1. The maximum Gasteiger partial charge on any atom is 0.238 e. The zero-order chi connectivity index (χ0) is 20.2. The number of hydrogen-bond donors (Lipinski definition) is 1. The van der Waals surface area contributed by atoms with Crippen LogP contribution in [0.2, 0.25) is 0 Å². The van der Waals surface area contributed by atoms with Crippen molar-refractivity contribution in [1.82, 2.24) is 9.88 Å². The molecule has 0 saturated carbocycles. The number of rotatable bonds is 6. The van der Waals surface area contributed by atoms with Crippen molar-refractivity contribution in [2.45, 2.75) is 25.8 Å². The summed E-state index contributed by atoms with van der Waals surface area (Å²) in [5, 5.41) is 6.13. The predicted octanol–water partition coefficient (Wildman–Crippen LogP) is 4.90. The summed E-state index contributed by atoms with van der Waals surface area (Å²) in [7, 11) is 1.68. The molecule has 2 heterocycles. The van der Waals surface area contributed by atoms with Gasteiger partial charge in [-0.3, -0.25) is 9.69 Å². The van der Waals surface area contributed by atoms with Gasteiger partial charge in [0.1, 0.15) is 5.75 Å². The Morgan fingerprint density at radius 1 is 1.28 bits per heavy atom. The Morgan fingerprint density at radius 2 is 2.14 bits per heavy atom. The summed E-state index contributed by atoms with van der Waals surface area (Å²) in [6.45, 7) is 3.30. The second-order valence-electron chi connectivity index (χ2n) is 7.29. The summed E-state index contributed by atoms with van der Waals surface area (Å²) in [6.07, 6.45) is 2.15. The molecule has 0 aliphatic carbocycles. The molecule has 0 bridgehead atoms. The van der Waals surface area contributed by atoms with Gasteiger partial charge < -0.3 is 10.1 Å². The van der Waals surface area contributed by atoms with Gasteiger partial charge in [0.25, 0.3) is 0 Å². The standard InChI is InChI=1S/C23H25N3O2S/c1-16-24-21(15-29-16)17-6-3-8-19(12-17)25-23(27)14-26-11-5-10-22(26)18-7-4-9-20(13-18)28-2/h3-4,6-9,12-13,15,22H,5,10-11,14H2,1-2H3,(H,25,27). The van der Waals surface area contributed by atoms with Crippen molar-refractivity contribution >= 4 is 22.9 Å². The maximum atomic E-state index is 12.7. The number of nitrogens with one attached hydrogen (secondary N) is 1. The number of benzene rings is 2. The van der Waals surface area contributed by atoms with E-state index in [0.29, 0.717) is 6.54 Å². The molecule has 6 heteroatoms. The van der Waals surface area contributed by atoms with Gasteiger partial charge in [-0.25, -0.2) is 4.98 Å². The Kier molecular flexibility index (Phi) is 5.92. The van der Waals surface area contributed by atoms with Gasteiger partial charge >= 0.3 is 0 Å². The Morgan fingerprint density at radius 3 is 2.93 bits per heavy atom. The number of likely N-dealkylation sites (tertiary alicyclic amines) is 1. The molecule has 0 radical (unpaired) electrons. The molecule has 1 atom stereocenters. The van der Waals surface area contributed by atoms with E-state index in [0.717, 1.165) is 47.1 Å². The predicted molar refractivity (Wildman–Crippen MR) is 117 cm³/mol. The normalized spacial score (nSPS) is 16.7. The van der Waals surface area contributed by atoms with Crippen molar-refractivity contribution in [1.29, 1.82) is 0 Å². The minimum atomic E-state index is 0.00593. The second-order valence-corrected chi connectivity index (χ2v) is 8.35. The number of anilines is 1. The molecule has 5 nitrogen and oxygen atoms in total. The molecule has 1 aliphatic rings. The van der Waals surface area contributed by atoms with Crippen LogP contribution in [0.5, 0.6) is 5.75 Å². The zero-order valence-electron chi connectivity index (χ0n) is 16.7. The van der Waals surface area contributed by atoms with E-state index in [2.05, 4.69) is 27.3 Å². The van der Waals surface area contributed by atoms with Gasteiger partial charge in [-0.15, -0.1) is 11.3 Å². The highest BCUT2D eigenvalue weighted by Gasteiger charge is 2.27. The quantitative estimate of drug-likeness (QED) is 0.631. The lowest BCUT2D eigenvalue weighted by atomic mass is 10.0. The number of aromatic nitrogens is 1. The molecule has 1 amide bonds. The Labute approximate surface area is 175 Å². The van der Waals surface area contributed by atoms with E-state index in [9.17, 15) is 4.79 Å². The number of amides is 1. The van der Waals surface area contributed by atoms with E-state index >= 15 is 0 Å². The molecule has 1 fully saturated rings. The molecule has 1 unspecified atom stereocenters. The van der Waals surface area contributed by atoms with Gasteiger partial charge in [0.05, 0.1) is 24.4 Å². The van der Waals surface area contributed by atoms with Gasteiger partial charge in [0.2, 0.25) is 5.91 Å². The highest BCUT2D eigenvalue weighted by Crippen LogP contribution is 2.33. The SMILES string of the molecule is COc1cccc(C2CCCN2CC(=O)Nc2cccc(-c3csc(C)n3)c2)c1. The fourth-order valence-corrected chi connectivity index (χ4v) is 4.50. The first-order chi connectivity index (χ1) is 14.1. The van der Waals surface area contributed by atoms with E-state index in [-0.39, 0.29) is 11.9 Å². The van der Waals surface area contributed by atoms with Crippen LogP contribution < -0.4 is 10.1 Å². The maximum absolute atomic E-state index is 12.7. The molecule has 4 rings (SSSR count). The molecular formula is C23H25N3O2S. The van der Waals surface area contributed by atoms with E-state index < -0.39 is 0 Å². The van der Waals surface area contributed by atoms with Crippen LogP contribution in [0.1, 0.15) is 29.5 Å². The number of thiazole rings is 1. The fraction of sp³-hybridized carbons (Fsp3) is 0.304. The first-order valence-electron chi connectivity index (χ1n) is 9.83. The first kappa shape index (κ1) is 19.6. The molecule has 150 valence electrons. The van der Waals surface area contributed by atoms with Crippen LogP contribution in [-0.4, -0.2) is 36.0 Å². The summed E-state index contributed by atoms with van der Waals surface area (Å²) < 4.78 is 5.36. The second kappa shape index (κ2) is 8.76. The number of methoxy groups -OCH3 is 1. The molecule has 1 aromatic heterocycles. The lowest BCUT2D eigenvalue weighted by Gasteiger charge is -2.24. The molecular weight excluding hydrogens is 382 g/mol. The molecule has 2 aromatic carbocycles. The van der Waals surface area contributed by atoms with Gasteiger partial charge in [0.15, 0.2) is 0 Å². The lowest BCUT2D eigenvalue weighted by molar-refractivity contribution is -0.117. The summed E-state index contributed by atoms with van der Waals surface area (Å²) in [5.41, 5.74) is 3.97. The van der Waals surface area contributed by atoms with E-state index in [1.807, 2.05) is 48.7 Å². The van der Waals surface area contributed by atoms with Crippen LogP contribution in [0.4, 0.5) is 5.69 Å². The molecule has 29 heavy (non-hydrogen) atoms. The molecule has 1 saturated heterocycles. The first-order valence-corrected chi connectivity index (χ1v) is 10.7. The average Bonchev–Trinajstić information content (AvgIpc) is 3.37. The Balaban J connectivity index is 1.42. The van der Waals surface area contributed by atoms with Crippen molar-refractivity contribution in [3.05, 3.63) is 64.5 Å². The molecule has 0 spiro atoms. The molecule has 1 N–H and O–H groups in total. The monoisotopic (exact) mass is 407 g/mol. The van der Waals surface area contributed by atoms with Crippen LogP contribution in [-0.2, 0) is 4.79 Å². The van der Waals surface area contributed by atoms with Crippen molar-refractivity contribution < 1.29 is 9.53 Å². The summed E-state index contributed by atoms with van der Waals surface area (Å²) in [4.78, 5) is 19.5. The third-order valence-corrected chi connectivity index (χ3v) is 6.02. The summed E-state index contributed by atoms with van der Waals surface area (Å²) in [6, 6.07) is 16.3. The van der Waals surface area contributed by atoms with Gasteiger partial charge in [-0.05, 0) is 56.1 Å². The van der Waals surface area contributed by atoms with Crippen molar-refractivity contribution in [2.24, 2.45) is 0 Å². The summed E-state index contributed by atoms with van der Waals surface area (Å²) >= 11 is 1.63. The largest absolute Gasteiger partial charge is 0.497 e.